The molecule has 0 radical (unpaired) electrons. The predicted octanol–water partition coefficient (Wildman–Crippen LogP) is 4.20. The third-order valence-corrected chi connectivity index (χ3v) is 8.00. The van der Waals surface area contributed by atoms with Gasteiger partial charge in [-0.3, -0.25) is 4.79 Å². The lowest BCUT2D eigenvalue weighted by Crippen LogP contribution is -2.34. The number of carboxylic acid groups (broad SMARTS) is 1. The predicted molar refractivity (Wildman–Crippen MR) is 135 cm³/mol. The van der Waals surface area contributed by atoms with Crippen LogP contribution < -0.4 is 4.74 Å². The molecule has 0 spiro atoms. The monoisotopic (exact) mass is 534 g/mol. The third kappa shape index (κ3) is 3.90. The van der Waals surface area contributed by atoms with Crippen LogP contribution in [0.2, 0.25) is 0 Å². The molecule has 0 bridgehead atoms. The zero-order valence-corrected chi connectivity index (χ0v) is 20.6. The number of H-pyrrole nitrogens is 1. The fourth-order valence-electron chi connectivity index (χ4n) is 5.63. The second kappa shape index (κ2) is 8.84. The van der Waals surface area contributed by atoms with Crippen LogP contribution in [0.25, 0.3) is 33.3 Å². The van der Waals surface area contributed by atoms with E-state index in [1.807, 2.05) is 24.3 Å². The summed E-state index contributed by atoms with van der Waals surface area (Å²) in [5.41, 5.74) is 1.95. The van der Waals surface area contributed by atoms with E-state index in [4.69, 9.17) is 14.2 Å². The minimum absolute atomic E-state index is 0.00867. The van der Waals surface area contributed by atoms with Gasteiger partial charge >= 0.3 is 5.97 Å². The molecule has 10 heteroatoms. The SMILES string of the molecule is O=C(O)C1(c2ccc(-c3ccc(-c4c(F)cc5[nH]c(O[C@@H]6CO[C@H]7[C@@H]6OC[C@H]7O)nc5c4F)cc3)cc2)CC1. The summed E-state index contributed by atoms with van der Waals surface area (Å²) in [4.78, 5) is 18.6. The average Bonchev–Trinajstić information content (AvgIpc) is 3.32. The summed E-state index contributed by atoms with van der Waals surface area (Å²) in [7, 11) is 0. The number of ether oxygens (including phenoxy) is 3. The van der Waals surface area contributed by atoms with Gasteiger partial charge in [-0.15, -0.1) is 0 Å². The van der Waals surface area contributed by atoms with E-state index in [9.17, 15) is 15.0 Å². The lowest BCUT2D eigenvalue weighted by Gasteiger charge is -2.15. The highest BCUT2D eigenvalue weighted by Crippen LogP contribution is 2.48. The Balaban J connectivity index is 1.14. The maximum absolute atomic E-state index is 15.6. The van der Waals surface area contributed by atoms with Crippen molar-refractivity contribution in [2.45, 2.75) is 42.7 Å². The first kappa shape index (κ1) is 24.2. The number of benzene rings is 3. The molecule has 4 atom stereocenters. The van der Waals surface area contributed by atoms with Crippen molar-refractivity contribution in [2.75, 3.05) is 13.2 Å². The molecule has 1 saturated carbocycles. The zero-order valence-electron chi connectivity index (χ0n) is 20.6. The first-order valence-corrected chi connectivity index (χ1v) is 12.7. The molecule has 2 saturated heterocycles. The minimum atomic E-state index is -0.815. The van der Waals surface area contributed by atoms with Gasteiger partial charge in [0.2, 0.25) is 0 Å². The summed E-state index contributed by atoms with van der Waals surface area (Å²) in [6, 6.07) is 15.4. The standard InChI is InChI=1S/C29H24F2N2O6/c30-18-11-19-24(33-28(32-19)39-21-13-38-25-20(34)12-37-26(21)25)23(31)22(18)16-3-1-14(2-4-16)15-5-7-17(8-6-15)29(9-10-29)27(35)36/h1-8,11,20-21,25-26,34H,9-10,12-13H2,(H,32,33)(H,35,36)/t20-,21-,25-,26-/m1/s1. The number of rotatable bonds is 6. The molecule has 0 unspecified atom stereocenters. The number of hydrogen-bond donors (Lipinski definition) is 3. The van der Waals surface area contributed by atoms with Gasteiger partial charge < -0.3 is 29.4 Å². The highest BCUT2D eigenvalue weighted by molar-refractivity contribution is 5.86. The quantitative estimate of drug-likeness (QED) is 0.340. The number of carboxylic acids is 1. The molecule has 7 rings (SSSR count). The summed E-state index contributed by atoms with van der Waals surface area (Å²) in [5.74, 6) is -2.37. The van der Waals surface area contributed by atoms with E-state index in [0.29, 0.717) is 18.4 Å². The Morgan fingerprint density at radius 1 is 0.974 bits per heavy atom. The van der Waals surface area contributed by atoms with Gasteiger partial charge in [-0.2, -0.15) is 4.98 Å². The van der Waals surface area contributed by atoms with Gasteiger partial charge in [0.25, 0.3) is 6.01 Å². The topological polar surface area (TPSA) is 114 Å². The lowest BCUT2D eigenvalue weighted by atomic mass is 9.93. The second-order valence-corrected chi connectivity index (χ2v) is 10.3. The lowest BCUT2D eigenvalue weighted by molar-refractivity contribution is -0.140. The van der Waals surface area contributed by atoms with Crippen LogP contribution in [0.15, 0.2) is 54.6 Å². The fourth-order valence-corrected chi connectivity index (χ4v) is 5.63. The van der Waals surface area contributed by atoms with Crippen LogP contribution in [0, 0.1) is 11.6 Å². The Kier molecular flexibility index (Phi) is 5.48. The Labute approximate surface area is 221 Å². The molecule has 39 heavy (non-hydrogen) atoms. The molecule has 1 aromatic heterocycles. The molecule has 1 aliphatic carbocycles. The molecule has 0 amide bonds. The van der Waals surface area contributed by atoms with Crippen molar-refractivity contribution >= 4 is 17.0 Å². The van der Waals surface area contributed by atoms with Crippen LogP contribution >= 0.6 is 0 Å². The molecule has 2 aliphatic heterocycles. The van der Waals surface area contributed by atoms with Crippen molar-refractivity contribution in [2.24, 2.45) is 0 Å². The molecule has 3 aliphatic rings. The largest absolute Gasteiger partial charge is 0.481 e. The molecular formula is C29H24F2N2O6. The number of aromatic nitrogens is 2. The van der Waals surface area contributed by atoms with Gasteiger partial charge in [-0.1, -0.05) is 48.5 Å². The summed E-state index contributed by atoms with van der Waals surface area (Å²) in [5, 5.41) is 19.4. The molecule has 8 nitrogen and oxygen atoms in total. The van der Waals surface area contributed by atoms with E-state index in [1.54, 1.807) is 24.3 Å². The number of aromatic amines is 1. The van der Waals surface area contributed by atoms with E-state index >= 15 is 8.78 Å². The summed E-state index contributed by atoms with van der Waals surface area (Å²) >= 11 is 0. The number of fused-ring (bicyclic) bond motifs is 2. The number of halogens is 2. The average molecular weight is 535 g/mol. The summed E-state index contributed by atoms with van der Waals surface area (Å²) in [6.45, 7) is 0.328. The van der Waals surface area contributed by atoms with Crippen molar-refractivity contribution < 1.29 is 38.0 Å². The van der Waals surface area contributed by atoms with E-state index in [2.05, 4.69) is 9.97 Å². The van der Waals surface area contributed by atoms with Crippen molar-refractivity contribution in [3.8, 4) is 28.3 Å². The van der Waals surface area contributed by atoms with Crippen LogP contribution in [0.1, 0.15) is 18.4 Å². The second-order valence-electron chi connectivity index (χ2n) is 10.3. The number of aliphatic hydroxyl groups is 1. The third-order valence-electron chi connectivity index (χ3n) is 8.00. The van der Waals surface area contributed by atoms with Crippen molar-refractivity contribution in [1.82, 2.24) is 9.97 Å². The number of hydrogen-bond acceptors (Lipinski definition) is 6. The van der Waals surface area contributed by atoms with Gasteiger partial charge in [0.15, 0.2) is 11.9 Å². The van der Waals surface area contributed by atoms with Crippen LogP contribution in [0.5, 0.6) is 6.01 Å². The number of imidazole rings is 1. The maximum atomic E-state index is 15.6. The molecule has 3 fully saturated rings. The van der Waals surface area contributed by atoms with E-state index < -0.39 is 47.4 Å². The van der Waals surface area contributed by atoms with Crippen LogP contribution in [-0.2, 0) is 19.7 Å². The first-order valence-electron chi connectivity index (χ1n) is 12.7. The fraction of sp³-hybridized carbons (Fsp3) is 0.310. The van der Waals surface area contributed by atoms with Crippen molar-refractivity contribution in [3.63, 3.8) is 0 Å². The number of nitrogens with zero attached hydrogens (tertiary/aromatic N) is 1. The van der Waals surface area contributed by atoms with Gasteiger partial charge in [0.05, 0.1) is 29.7 Å². The number of aliphatic hydroxyl groups excluding tert-OH is 1. The normalized spacial score (nSPS) is 25.1. The molecule has 3 aromatic carbocycles. The smallest absolute Gasteiger partial charge is 0.314 e. The van der Waals surface area contributed by atoms with Crippen LogP contribution in [0.4, 0.5) is 8.78 Å². The van der Waals surface area contributed by atoms with Gasteiger partial charge in [0, 0.05) is 6.07 Å². The highest BCUT2D eigenvalue weighted by atomic mass is 19.1. The van der Waals surface area contributed by atoms with E-state index in [1.165, 1.54) is 6.07 Å². The zero-order chi connectivity index (χ0) is 26.9. The number of carbonyl (C=O) groups is 1. The summed E-state index contributed by atoms with van der Waals surface area (Å²) in [6.07, 6.45) is -0.953. The molecule has 4 aromatic rings. The van der Waals surface area contributed by atoms with E-state index in [-0.39, 0.29) is 35.8 Å². The minimum Gasteiger partial charge on any atom is -0.481 e. The molecule has 3 N–H and O–H groups in total. The van der Waals surface area contributed by atoms with Gasteiger partial charge in [0.1, 0.15) is 29.6 Å². The Morgan fingerprint density at radius 3 is 2.28 bits per heavy atom. The molecule has 200 valence electrons. The van der Waals surface area contributed by atoms with Gasteiger partial charge in [-0.25, -0.2) is 8.78 Å². The Hall–Kier alpha value is -3.86. The maximum Gasteiger partial charge on any atom is 0.314 e. The van der Waals surface area contributed by atoms with Crippen LogP contribution in [-0.4, -0.2) is 63.8 Å². The highest BCUT2D eigenvalue weighted by Gasteiger charge is 2.51. The van der Waals surface area contributed by atoms with Crippen molar-refractivity contribution in [1.29, 1.82) is 0 Å². The molecular weight excluding hydrogens is 510 g/mol. The number of nitrogens with one attached hydrogen (secondary N) is 1. The van der Waals surface area contributed by atoms with Gasteiger partial charge in [-0.05, 0) is 35.1 Å². The Morgan fingerprint density at radius 2 is 1.62 bits per heavy atom. The van der Waals surface area contributed by atoms with Crippen LogP contribution in [0.3, 0.4) is 0 Å². The Bertz CT molecular complexity index is 1580. The van der Waals surface area contributed by atoms with E-state index in [0.717, 1.165) is 16.7 Å². The van der Waals surface area contributed by atoms with Crippen molar-refractivity contribution in [3.05, 3.63) is 71.8 Å². The first-order chi connectivity index (χ1) is 18.8. The summed E-state index contributed by atoms with van der Waals surface area (Å²) < 4.78 is 47.6. The number of aliphatic carboxylic acids is 1. The molecule has 3 heterocycles.